The van der Waals surface area contributed by atoms with E-state index in [9.17, 15) is 9.59 Å². The average Bonchev–Trinajstić information content (AvgIpc) is 3.05. The van der Waals surface area contributed by atoms with Crippen LogP contribution in [0, 0.1) is 0 Å². The molecule has 22 heavy (non-hydrogen) atoms. The van der Waals surface area contributed by atoms with E-state index < -0.39 is 6.04 Å². The van der Waals surface area contributed by atoms with Crippen molar-refractivity contribution in [2.75, 3.05) is 25.1 Å². The van der Waals surface area contributed by atoms with E-state index in [0.717, 1.165) is 12.1 Å². The first kappa shape index (κ1) is 14.4. The first-order valence-corrected chi connectivity index (χ1v) is 7.37. The number of para-hydroxylation sites is 1. The smallest absolute Gasteiger partial charge is 0.292 e. The van der Waals surface area contributed by atoms with Crippen molar-refractivity contribution in [3.8, 4) is 0 Å². The van der Waals surface area contributed by atoms with Crippen molar-refractivity contribution in [3.63, 3.8) is 0 Å². The lowest BCUT2D eigenvalue weighted by molar-refractivity contribution is -0.137. The molecule has 2 amide bonds. The topological polar surface area (TPSA) is 67.9 Å². The van der Waals surface area contributed by atoms with Crippen LogP contribution in [0.2, 0.25) is 0 Å². The summed E-state index contributed by atoms with van der Waals surface area (Å²) in [5, 5.41) is 2.85. The zero-order valence-corrected chi connectivity index (χ0v) is 12.2. The van der Waals surface area contributed by atoms with Gasteiger partial charge in [0.25, 0.3) is 5.91 Å². The SMILES string of the molecule is O=C(Nc1ccccc1)[C@@H]1CCCN1C(=O)C1=COCCO1. The molecule has 1 atom stereocenters. The second kappa shape index (κ2) is 6.51. The highest BCUT2D eigenvalue weighted by atomic mass is 16.6. The largest absolute Gasteiger partial charge is 0.494 e. The number of amides is 2. The highest BCUT2D eigenvalue weighted by molar-refractivity contribution is 6.00. The van der Waals surface area contributed by atoms with E-state index in [-0.39, 0.29) is 17.6 Å². The van der Waals surface area contributed by atoms with Crippen LogP contribution in [-0.2, 0) is 19.1 Å². The second-order valence-corrected chi connectivity index (χ2v) is 5.21. The number of ether oxygens (including phenoxy) is 2. The van der Waals surface area contributed by atoms with Crippen LogP contribution in [0.5, 0.6) is 0 Å². The summed E-state index contributed by atoms with van der Waals surface area (Å²) in [5.41, 5.74) is 0.725. The third-order valence-corrected chi connectivity index (χ3v) is 3.72. The molecule has 1 N–H and O–H groups in total. The van der Waals surface area contributed by atoms with Crippen molar-refractivity contribution in [2.45, 2.75) is 18.9 Å². The summed E-state index contributed by atoms with van der Waals surface area (Å²) in [7, 11) is 0. The van der Waals surface area contributed by atoms with Crippen LogP contribution in [0.4, 0.5) is 5.69 Å². The number of hydrogen-bond donors (Lipinski definition) is 1. The molecule has 2 heterocycles. The van der Waals surface area contributed by atoms with Crippen molar-refractivity contribution in [2.24, 2.45) is 0 Å². The maximum atomic E-state index is 12.4. The lowest BCUT2D eigenvalue weighted by Crippen LogP contribution is -2.44. The Balaban J connectivity index is 1.68. The Hall–Kier alpha value is -2.50. The van der Waals surface area contributed by atoms with Crippen LogP contribution in [0.3, 0.4) is 0 Å². The third-order valence-electron chi connectivity index (χ3n) is 3.72. The zero-order valence-electron chi connectivity index (χ0n) is 12.2. The lowest BCUT2D eigenvalue weighted by Gasteiger charge is -2.25. The normalized spacial score (nSPS) is 20.6. The summed E-state index contributed by atoms with van der Waals surface area (Å²) in [4.78, 5) is 26.4. The quantitative estimate of drug-likeness (QED) is 0.919. The monoisotopic (exact) mass is 302 g/mol. The molecule has 0 aliphatic carbocycles. The van der Waals surface area contributed by atoms with Crippen LogP contribution in [-0.4, -0.2) is 42.5 Å². The Morgan fingerprint density at radius 1 is 1.18 bits per heavy atom. The molecule has 2 aliphatic rings. The number of anilines is 1. The number of nitrogens with zero attached hydrogens (tertiary/aromatic N) is 1. The summed E-state index contributed by atoms with van der Waals surface area (Å²) >= 11 is 0. The summed E-state index contributed by atoms with van der Waals surface area (Å²) in [6.45, 7) is 1.34. The molecule has 2 aliphatic heterocycles. The molecule has 1 saturated heterocycles. The van der Waals surface area contributed by atoms with E-state index in [0.29, 0.717) is 26.2 Å². The summed E-state index contributed by atoms with van der Waals surface area (Å²) in [6, 6.07) is 8.75. The van der Waals surface area contributed by atoms with Crippen molar-refractivity contribution >= 4 is 17.5 Å². The van der Waals surface area contributed by atoms with Crippen molar-refractivity contribution < 1.29 is 19.1 Å². The molecule has 0 spiro atoms. The molecule has 0 saturated carbocycles. The van der Waals surface area contributed by atoms with E-state index in [1.165, 1.54) is 6.26 Å². The van der Waals surface area contributed by atoms with Gasteiger partial charge in [-0.2, -0.15) is 0 Å². The van der Waals surface area contributed by atoms with Crippen LogP contribution in [0.25, 0.3) is 0 Å². The molecule has 1 aromatic rings. The third kappa shape index (κ3) is 3.05. The number of rotatable bonds is 3. The zero-order chi connectivity index (χ0) is 15.4. The molecule has 1 aromatic carbocycles. The van der Waals surface area contributed by atoms with Gasteiger partial charge in [0.2, 0.25) is 11.7 Å². The van der Waals surface area contributed by atoms with Crippen LogP contribution in [0.1, 0.15) is 12.8 Å². The molecule has 3 rings (SSSR count). The van der Waals surface area contributed by atoms with Gasteiger partial charge >= 0.3 is 0 Å². The number of carbonyl (C=O) groups is 2. The van der Waals surface area contributed by atoms with Crippen LogP contribution < -0.4 is 5.32 Å². The Morgan fingerprint density at radius 2 is 2.00 bits per heavy atom. The Bertz CT molecular complexity index is 585. The van der Waals surface area contributed by atoms with E-state index in [2.05, 4.69) is 5.32 Å². The van der Waals surface area contributed by atoms with Gasteiger partial charge in [-0.25, -0.2) is 0 Å². The molecule has 0 bridgehead atoms. The van der Waals surface area contributed by atoms with Gasteiger partial charge in [-0.3, -0.25) is 9.59 Å². The van der Waals surface area contributed by atoms with Gasteiger partial charge in [-0.15, -0.1) is 0 Å². The summed E-state index contributed by atoms with van der Waals surface area (Å²) < 4.78 is 10.4. The van der Waals surface area contributed by atoms with Crippen molar-refractivity contribution in [3.05, 3.63) is 42.4 Å². The molecule has 0 radical (unpaired) electrons. The first-order chi connectivity index (χ1) is 10.8. The number of carbonyl (C=O) groups excluding carboxylic acids is 2. The second-order valence-electron chi connectivity index (χ2n) is 5.21. The maximum absolute atomic E-state index is 12.4. The minimum Gasteiger partial charge on any atom is -0.494 e. The predicted molar refractivity (Wildman–Crippen MR) is 79.8 cm³/mol. The van der Waals surface area contributed by atoms with E-state index in [1.54, 1.807) is 4.90 Å². The van der Waals surface area contributed by atoms with Gasteiger partial charge in [0.05, 0.1) is 0 Å². The summed E-state index contributed by atoms with van der Waals surface area (Å²) in [5.74, 6) is -0.287. The number of hydrogen-bond acceptors (Lipinski definition) is 4. The Labute approximate surface area is 128 Å². The molecular formula is C16H18N2O4. The fourth-order valence-corrected chi connectivity index (χ4v) is 2.65. The van der Waals surface area contributed by atoms with Crippen LogP contribution in [0.15, 0.2) is 42.4 Å². The van der Waals surface area contributed by atoms with Crippen molar-refractivity contribution in [1.82, 2.24) is 4.90 Å². The van der Waals surface area contributed by atoms with E-state index >= 15 is 0 Å². The van der Waals surface area contributed by atoms with E-state index in [1.807, 2.05) is 30.3 Å². The Kier molecular flexibility index (Phi) is 4.27. The molecule has 0 aromatic heterocycles. The minimum absolute atomic E-state index is 0.172. The number of nitrogens with one attached hydrogen (secondary N) is 1. The van der Waals surface area contributed by atoms with Gasteiger partial charge in [0, 0.05) is 12.2 Å². The molecule has 6 heteroatoms. The Morgan fingerprint density at radius 3 is 2.73 bits per heavy atom. The predicted octanol–water partition coefficient (Wildman–Crippen LogP) is 1.50. The van der Waals surface area contributed by atoms with Crippen LogP contribution >= 0.6 is 0 Å². The standard InChI is InChI=1S/C16H18N2O4/c19-15(17-12-5-2-1-3-6-12)13-7-4-8-18(13)16(20)14-11-21-9-10-22-14/h1-3,5-6,11,13H,4,7-10H2,(H,17,19)/t13-/m0/s1. The van der Waals surface area contributed by atoms with Gasteiger partial charge in [-0.1, -0.05) is 18.2 Å². The molecular weight excluding hydrogens is 284 g/mol. The van der Waals surface area contributed by atoms with Gasteiger partial charge < -0.3 is 19.7 Å². The van der Waals surface area contributed by atoms with Gasteiger partial charge in [0.15, 0.2) is 0 Å². The molecule has 116 valence electrons. The molecule has 6 nitrogen and oxygen atoms in total. The average molecular weight is 302 g/mol. The fraction of sp³-hybridized carbons (Fsp3) is 0.375. The fourth-order valence-electron chi connectivity index (χ4n) is 2.65. The van der Waals surface area contributed by atoms with Crippen molar-refractivity contribution in [1.29, 1.82) is 0 Å². The lowest BCUT2D eigenvalue weighted by atomic mass is 10.2. The van der Waals surface area contributed by atoms with E-state index in [4.69, 9.17) is 9.47 Å². The number of benzene rings is 1. The minimum atomic E-state index is -0.473. The highest BCUT2D eigenvalue weighted by Gasteiger charge is 2.36. The highest BCUT2D eigenvalue weighted by Crippen LogP contribution is 2.22. The first-order valence-electron chi connectivity index (χ1n) is 7.37. The van der Waals surface area contributed by atoms with Gasteiger partial charge in [0.1, 0.15) is 25.5 Å². The summed E-state index contributed by atoms with van der Waals surface area (Å²) in [6.07, 6.45) is 2.78. The molecule has 0 unspecified atom stereocenters. The van der Waals surface area contributed by atoms with Gasteiger partial charge in [-0.05, 0) is 25.0 Å². The molecule has 1 fully saturated rings. The number of likely N-dealkylation sites (tertiary alicyclic amines) is 1. The maximum Gasteiger partial charge on any atom is 0.292 e.